The number of hydrogen-bond acceptors (Lipinski definition) is 6. The van der Waals surface area contributed by atoms with E-state index in [9.17, 15) is 15.2 Å². The molecule has 0 saturated heterocycles. The van der Waals surface area contributed by atoms with E-state index in [4.69, 9.17) is 17.0 Å². The first kappa shape index (κ1) is 24.1. The molecule has 1 atom stereocenters. The molecule has 0 spiro atoms. The van der Waals surface area contributed by atoms with Crippen molar-refractivity contribution in [2.45, 2.75) is 12.5 Å². The number of nitrogens with zero attached hydrogens (tertiary/aromatic N) is 1. The van der Waals surface area contributed by atoms with Crippen LogP contribution in [0.5, 0.6) is 5.75 Å². The number of para-hydroxylation sites is 1. The van der Waals surface area contributed by atoms with E-state index in [0.29, 0.717) is 17.3 Å². The molecule has 0 saturated carbocycles. The number of non-ortho nitro benzene ring substituents is 1. The lowest BCUT2D eigenvalue weighted by Crippen LogP contribution is -2.32. The van der Waals surface area contributed by atoms with E-state index < -0.39 is 11.0 Å². The van der Waals surface area contributed by atoms with E-state index in [2.05, 4.69) is 16.0 Å². The first-order valence-corrected chi connectivity index (χ1v) is 10.9. The molecule has 33 heavy (non-hydrogen) atoms. The fourth-order valence-electron chi connectivity index (χ4n) is 2.98. The molecule has 0 aliphatic rings. The molecule has 9 heteroatoms. The molecule has 0 aliphatic heterocycles. The number of rotatable bonds is 11. The van der Waals surface area contributed by atoms with E-state index in [0.717, 1.165) is 30.0 Å². The third-order valence-corrected chi connectivity index (χ3v) is 4.91. The van der Waals surface area contributed by atoms with Crippen LogP contribution in [0.15, 0.2) is 78.9 Å². The summed E-state index contributed by atoms with van der Waals surface area (Å²) in [5, 5.41) is 30.5. The van der Waals surface area contributed by atoms with Crippen LogP contribution in [-0.2, 0) is 6.42 Å². The second kappa shape index (κ2) is 12.5. The maximum atomic E-state index is 10.7. The molecule has 3 rings (SSSR count). The number of aliphatic hydroxyl groups excluding tert-OH is 1. The number of benzene rings is 3. The highest BCUT2D eigenvalue weighted by molar-refractivity contribution is 7.80. The monoisotopic (exact) mass is 466 g/mol. The zero-order valence-electron chi connectivity index (χ0n) is 17.9. The number of nitro benzene ring substituents is 1. The van der Waals surface area contributed by atoms with Gasteiger partial charge in [-0.3, -0.25) is 10.1 Å². The summed E-state index contributed by atoms with van der Waals surface area (Å²) in [7, 11) is 0. The molecule has 8 nitrogen and oxygen atoms in total. The number of nitro groups is 1. The molecule has 3 aromatic carbocycles. The summed E-state index contributed by atoms with van der Waals surface area (Å²) in [4.78, 5) is 10.3. The number of thiocarbonyl (C=S) groups is 1. The van der Waals surface area contributed by atoms with Crippen LogP contribution in [0.4, 0.5) is 17.1 Å². The molecule has 3 aromatic rings. The number of aliphatic hydroxyl groups is 1. The van der Waals surface area contributed by atoms with Crippen LogP contribution in [0, 0.1) is 10.1 Å². The van der Waals surface area contributed by atoms with Gasteiger partial charge in [-0.2, -0.15) is 0 Å². The van der Waals surface area contributed by atoms with Crippen molar-refractivity contribution >= 4 is 34.4 Å². The summed E-state index contributed by atoms with van der Waals surface area (Å²) >= 11 is 5.30. The Kier molecular flexibility index (Phi) is 9.13. The molecular weight excluding hydrogens is 440 g/mol. The van der Waals surface area contributed by atoms with Gasteiger partial charge in [0.15, 0.2) is 5.11 Å². The topological polar surface area (TPSA) is 109 Å². The summed E-state index contributed by atoms with van der Waals surface area (Å²) in [6, 6.07) is 23.3. The van der Waals surface area contributed by atoms with Gasteiger partial charge in [-0.1, -0.05) is 30.3 Å². The molecule has 0 unspecified atom stereocenters. The van der Waals surface area contributed by atoms with Crippen LogP contribution in [0.3, 0.4) is 0 Å². The van der Waals surface area contributed by atoms with Crippen molar-refractivity contribution < 1.29 is 14.8 Å². The minimum atomic E-state index is -0.582. The Morgan fingerprint density at radius 2 is 1.58 bits per heavy atom. The van der Waals surface area contributed by atoms with Crippen LogP contribution < -0.4 is 20.7 Å². The zero-order valence-corrected chi connectivity index (χ0v) is 18.8. The first-order valence-electron chi connectivity index (χ1n) is 10.5. The number of anilines is 2. The van der Waals surface area contributed by atoms with Crippen molar-refractivity contribution in [3.63, 3.8) is 0 Å². The first-order chi connectivity index (χ1) is 16.0. The van der Waals surface area contributed by atoms with E-state index in [-0.39, 0.29) is 12.3 Å². The molecular formula is C24H26N4O4S. The van der Waals surface area contributed by atoms with Gasteiger partial charge in [-0.15, -0.1) is 0 Å². The number of nitrogens with one attached hydrogen (secondary N) is 3. The van der Waals surface area contributed by atoms with Crippen molar-refractivity contribution in [2.75, 3.05) is 30.3 Å². The van der Waals surface area contributed by atoms with Gasteiger partial charge in [0.25, 0.3) is 5.69 Å². The highest BCUT2D eigenvalue weighted by Gasteiger charge is 2.06. The fraction of sp³-hybridized carbons (Fsp3) is 0.208. The lowest BCUT2D eigenvalue weighted by Gasteiger charge is -2.13. The second-order valence-electron chi connectivity index (χ2n) is 7.31. The van der Waals surface area contributed by atoms with Crippen LogP contribution in [0.2, 0.25) is 0 Å². The molecule has 0 aromatic heterocycles. The Bertz CT molecular complexity index is 1030. The van der Waals surface area contributed by atoms with E-state index in [1.165, 1.54) is 12.1 Å². The Morgan fingerprint density at radius 3 is 2.18 bits per heavy atom. The summed E-state index contributed by atoms with van der Waals surface area (Å²) in [5.74, 6) is 0.743. The van der Waals surface area contributed by atoms with Gasteiger partial charge in [-0.05, 0) is 67.1 Å². The minimum Gasteiger partial charge on any atom is -0.491 e. The minimum absolute atomic E-state index is 0.0273. The van der Waals surface area contributed by atoms with Crippen molar-refractivity contribution in [2.24, 2.45) is 0 Å². The third kappa shape index (κ3) is 8.49. The maximum absolute atomic E-state index is 10.7. The molecule has 0 heterocycles. The standard InChI is InChI=1S/C24H26N4O4S/c29-22(17-32-23-4-2-1-3-5-23)16-25-15-14-18-6-8-19(9-7-18)26-24(33)27-20-10-12-21(13-11-20)28(30)31/h1-13,22,25,29H,14-17H2,(H2,26,27,33)/t22-/m0/s1. The van der Waals surface area contributed by atoms with Gasteiger partial charge in [0, 0.05) is 30.1 Å². The smallest absolute Gasteiger partial charge is 0.269 e. The van der Waals surface area contributed by atoms with Crippen molar-refractivity contribution in [1.82, 2.24) is 5.32 Å². The molecule has 4 N–H and O–H groups in total. The van der Waals surface area contributed by atoms with Gasteiger partial charge in [0.1, 0.15) is 18.5 Å². The fourth-order valence-corrected chi connectivity index (χ4v) is 3.22. The Labute approximate surface area is 197 Å². The summed E-state index contributed by atoms with van der Waals surface area (Å²) < 4.78 is 5.54. The van der Waals surface area contributed by atoms with Crippen molar-refractivity contribution in [3.8, 4) is 5.75 Å². The molecule has 0 bridgehead atoms. The summed E-state index contributed by atoms with van der Waals surface area (Å²) in [6.45, 7) is 1.43. The lowest BCUT2D eigenvalue weighted by atomic mass is 10.1. The zero-order chi connectivity index (χ0) is 23.5. The number of ether oxygens (including phenoxy) is 1. The van der Waals surface area contributed by atoms with E-state index >= 15 is 0 Å². The molecule has 172 valence electrons. The Balaban J connectivity index is 1.34. The third-order valence-electron chi connectivity index (χ3n) is 4.70. The van der Waals surface area contributed by atoms with Gasteiger partial charge < -0.3 is 25.8 Å². The van der Waals surface area contributed by atoms with E-state index in [1.54, 1.807) is 12.1 Å². The normalized spacial score (nSPS) is 11.4. The molecule has 0 radical (unpaired) electrons. The molecule has 0 aliphatic carbocycles. The second-order valence-corrected chi connectivity index (χ2v) is 7.72. The quantitative estimate of drug-likeness (QED) is 0.145. The van der Waals surface area contributed by atoms with Crippen LogP contribution in [0.1, 0.15) is 5.56 Å². The molecule has 0 amide bonds. The summed E-state index contributed by atoms with van der Waals surface area (Å²) in [5.41, 5.74) is 2.67. The van der Waals surface area contributed by atoms with Gasteiger partial charge in [-0.25, -0.2) is 0 Å². The lowest BCUT2D eigenvalue weighted by molar-refractivity contribution is -0.384. The summed E-state index contributed by atoms with van der Waals surface area (Å²) in [6.07, 6.45) is 0.235. The largest absolute Gasteiger partial charge is 0.491 e. The van der Waals surface area contributed by atoms with Crippen LogP contribution in [-0.4, -0.2) is 40.9 Å². The van der Waals surface area contributed by atoms with Crippen molar-refractivity contribution in [3.05, 3.63) is 94.5 Å². The van der Waals surface area contributed by atoms with Gasteiger partial charge in [0.05, 0.1) is 4.92 Å². The average molecular weight is 467 g/mol. The van der Waals surface area contributed by atoms with Crippen LogP contribution >= 0.6 is 12.2 Å². The molecule has 0 fully saturated rings. The van der Waals surface area contributed by atoms with Crippen LogP contribution in [0.25, 0.3) is 0 Å². The SMILES string of the molecule is O=[N+]([O-])c1ccc(NC(=S)Nc2ccc(CCNC[C@H](O)COc3ccccc3)cc2)cc1. The number of hydrogen-bond donors (Lipinski definition) is 4. The predicted molar refractivity (Wildman–Crippen MR) is 134 cm³/mol. The Morgan fingerprint density at radius 1 is 0.970 bits per heavy atom. The average Bonchev–Trinajstić information content (AvgIpc) is 2.82. The van der Waals surface area contributed by atoms with Gasteiger partial charge >= 0.3 is 0 Å². The maximum Gasteiger partial charge on any atom is 0.269 e. The Hall–Kier alpha value is -3.53. The highest BCUT2D eigenvalue weighted by atomic mass is 32.1. The predicted octanol–water partition coefficient (Wildman–Crippen LogP) is 3.98. The van der Waals surface area contributed by atoms with Crippen molar-refractivity contribution in [1.29, 1.82) is 0 Å². The van der Waals surface area contributed by atoms with Gasteiger partial charge in [0.2, 0.25) is 0 Å². The van der Waals surface area contributed by atoms with E-state index in [1.807, 2.05) is 54.6 Å². The highest BCUT2D eigenvalue weighted by Crippen LogP contribution is 2.16.